The standard InChI is InChI=1S/C22H14F2N6O2/c23-13-4-6-17-15(9-13)19(29-27-17)25-21(31)11-2-1-3-12(8-11)22(32)26-20-16-10-14(24)5-7-18(16)28-30-20/h1-10H,(H2,25,27,29,31)(H2,26,28,30,32). The zero-order valence-corrected chi connectivity index (χ0v) is 16.2. The summed E-state index contributed by atoms with van der Waals surface area (Å²) in [5.74, 6) is -1.62. The molecule has 10 heteroatoms. The number of fused-ring (bicyclic) bond motifs is 2. The van der Waals surface area contributed by atoms with Gasteiger partial charge in [-0.05, 0) is 54.6 Å². The van der Waals surface area contributed by atoms with Crippen LogP contribution in [0, 0.1) is 11.6 Å². The Hall–Kier alpha value is -4.60. The molecule has 0 saturated carbocycles. The van der Waals surface area contributed by atoms with Crippen molar-refractivity contribution in [2.45, 2.75) is 0 Å². The van der Waals surface area contributed by atoms with E-state index < -0.39 is 23.4 Å². The minimum absolute atomic E-state index is 0.171. The fraction of sp³-hybridized carbons (Fsp3) is 0. The number of hydrogen-bond acceptors (Lipinski definition) is 4. The first-order chi connectivity index (χ1) is 15.5. The van der Waals surface area contributed by atoms with Crippen molar-refractivity contribution in [2.75, 3.05) is 10.6 Å². The summed E-state index contributed by atoms with van der Waals surface area (Å²) in [6.45, 7) is 0. The Morgan fingerprint density at radius 1 is 0.688 bits per heavy atom. The molecule has 2 heterocycles. The molecule has 2 aromatic heterocycles. The van der Waals surface area contributed by atoms with Gasteiger partial charge in [-0.2, -0.15) is 10.2 Å². The maximum absolute atomic E-state index is 13.5. The number of anilines is 2. The first-order valence-corrected chi connectivity index (χ1v) is 9.48. The molecule has 0 saturated heterocycles. The molecule has 5 rings (SSSR count). The lowest BCUT2D eigenvalue weighted by Gasteiger charge is -2.06. The van der Waals surface area contributed by atoms with E-state index in [1.165, 1.54) is 54.6 Å². The lowest BCUT2D eigenvalue weighted by Crippen LogP contribution is -2.16. The van der Waals surface area contributed by atoms with Gasteiger partial charge in [-0.25, -0.2) is 8.78 Å². The third kappa shape index (κ3) is 3.54. The Morgan fingerprint density at radius 2 is 1.16 bits per heavy atom. The van der Waals surface area contributed by atoms with Gasteiger partial charge in [0, 0.05) is 21.9 Å². The Labute approximate surface area is 178 Å². The van der Waals surface area contributed by atoms with Gasteiger partial charge in [0.2, 0.25) is 0 Å². The molecule has 0 aliphatic carbocycles. The molecule has 5 aromatic rings. The average Bonchev–Trinajstić information content (AvgIpc) is 3.37. The SMILES string of the molecule is O=C(Nc1n[nH]c2ccc(F)cc12)c1cccc(C(=O)Nc2n[nH]c3ccc(F)cc23)c1. The molecule has 0 unspecified atom stereocenters. The number of benzene rings is 3. The van der Waals surface area contributed by atoms with Gasteiger partial charge in [-0.15, -0.1) is 0 Å². The summed E-state index contributed by atoms with van der Waals surface area (Å²) in [6, 6.07) is 14.1. The number of nitrogens with one attached hydrogen (secondary N) is 4. The second-order valence-corrected chi connectivity index (χ2v) is 7.01. The van der Waals surface area contributed by atoms with Gasteiger partial charge >= 0.3 is 0 Å². The molecule has 0 bridgehead atoms. The van der Waals surface area contributed by atoms with Crippen molar-refractivity contribution in [2.24, 2.45) is 0 Å². The van der Waals surface area contributed by atoms with E-state index in [2.05, 4.69) is 31.0 Å². The predicted molar refractivity (Wildman–Crippen MR) is 114 cm³/mol. The van der Waals surface area contributed by atoms with Gasteiger partial charge in [-0.3, -0.25) is 19.8 Å². The van der Waals surface area contributed by atoms with Gasteiger partial charge < -0.3 is 10.6 Å². The van der Waals surface area contributed by atoms with E-state index in [4.69, 9.17) is 0 Å². The molecule has 0 fully saturated rings. The predicted octanol–water partition coefficient (Wildman–Crippen LogP) is 4.22. The second kappa shape index (κ2) is 7.58. The van der Waals surface area contributed by atoms with Crippen LogP contribution in [-0.2, 0) is 0 Å². The number of carbonyl (C=O) groups is 2. The fourth-order valence-electron chi connectivity index (χ4n) is 3.32. The number of H-pyrrole nitrogens is 2. The van der Waals surface area contributed by atoms with Crippen LogP contribution in [0.1, 0.15) is 20.7 Å². The molecule has 8 nitrogen and oxygen atoms in total. The molecule has 3 aromatic carbocycles. The number of aromatic amines is 2. The number of aromatic nitrogens is 4. The van der Waals surface area contributed by atoms with Gasteiger partial charge in [0.05, 0.1) is 11.0 Å². The van der Waals surface area contributed by atoms with Gasteiger partial charge in [0.25, 0.3) is 11.8 Å². The molecule has 0 aliphatic rings. The molecule has 32 heavy (non-hydrogen) atoms. The molecule has 0 atom stereocenters. The molecular weight excluding hydrogens is 418 g/mol. The van der Waals surface area contributed by atoms with Crippen molar-refractivity contribution in [1.82, 2.24) is 20.4 Å². The Morgan fingerprint density at radius 3 is 1.62 bits per heavy atom. The van der Waals surface area contributed by atoms with Crippen molar-refractivity contribution < 1.29 is 18.4 Å². The van der Waals surface area contributed by atoms with Crippen LogP contribution < -0.4 is 10.6 Å². The maximum Gasteiger partial charge on any atom is 0.256 e. The van der Waals surface area contributed by atoms with Gasteiger partial charge in [0.15, 0.2) is 11.6 Å². The fourth-order valence-corrected chi connectivity index (χ4v) is 3.32. The summed E-state index contributed by atoms with van der Waals surface area (Å²) in [4.78, 5) is 25.4. The van der Waals surface area contributed by atoms with E-state index in [0.717, 1.165) is 0 Å². The van der Waals surface area contributed by atoms with E-state index in [9.17, 15) is 18.4 Å². The molecule has 2 amide bonds. The normalized spacial score (nSPS) is 11.1. The van der Waals surface area contributed by atoms with E-state index >= 15 is 0 Å². The lowest BCUT2D eigenvalue weighted by molar-refractivity contribution is 0.102. The van der Waals surface area contributed by atoms with Crippen LogP contribution in [0.5, 0.6) is 0 Å². The highest BCUT2D eigenvalue weighted by molar-refractivity contribution is 6.11. The van der Waals surface area contributed by atoms with E-state index in [1.54, 1.807) is 6.07 Å². The number of amides is 2. The Kier molecular flexibility index (Phi) is 4.59. The zero-order valence-electron chi connectivity index (χ0n) is 16.2. The molecular formula is C22H14F2N6O2. The van der Waals surface area contributed by atoms with Crippen LogP contribution >= 0.6 is 0 Å². The van der Waals surface area contributed by atoms with E-state index in [0.29, 0.717) is 21.8 Å². The highest BCUT2D eigenvalue weighted by Gasteiger charge is 2.16. The molecule has 0 aliphatic heterocycles. The highest BCUT2D eigenvalue weighted by atomic mass is 19.1. The summed E-state index contributed by atoms with van der Waals surface area (Å²) in [5.41, 5.74) is 1.53. The van der Waals surface area contributed by atoms with Crippen molar-refractivity contribution in [1.29, 1.82) is 0 Å². The van der Waals surface area contributed by atoms with E-state index in [-0.39, 0.29) is 22.8 Å². The number of rotatable bonds is 4. The van der Waals surface area contributed by atoms with E-state index in [1.807, 2.05) is 0 Å². The quantitative estimate of drug-likeness (QED) is 0.340. The van der Waals surface area contributed by atoms with Crippen molar-refractivity contribution >= 4 is 45.3 Å². The average molecular weight is 432 g/mol. The molecule has 4 N–H and O–H groups in total. The molecule has 0 radical (unpaired) electrons. The lowest BCUT2D eigenvalue weighted by atomic mass is 10.1. The third-order valence-corrected chi connectivity index (χ3v) is 4.90. The summed E-state index contributed by atoms with van der Waals surface area (Å²) in [5, 5.41) is 19.5. The van der Waals surface area contributed by atoms with Crippen LogP contribution in [0.2, 0.25) is 0 Å². The van der Waals surface area contributed by atoms with Crippen LogP contribution in [0.15, 0.2) is 60.7 Å². The summed E-state index contributed by atoms with van der Waals surface area (Å²) >= 11 is 0. The van der Waals surface area contributed by atoms with Crippen molar-refractivity contribution in [3.05, 3.63) is 83.4 Å². The minimum atomic E-state index is -0.524. The smallest absolute Gasteiger partial charge is 0.256 e. The summed E-state index contributed by atoms with van der Waals surface area (Å²) in [7, 11) is 0. The van der Waals surface area contributed by atoms with Crippen LogP contribution in [0.4, 0.5) is 20.4 Å². The number of hydrogen-bond donors (Lipinski definition) is 4. The Bertz CT molecular complexity index is 1400. The number of carbonyl (C=O) groups excluding carboxylic acids is 2. The second-order valence-electron chi connectivity index (χ2n) is 7.01. The van der Waals surface area contributed by atoms with Gasteiger partial charge in [0.1, 0.15) is 11.6 Å². The Balaban J connectivity index is 1.37. The monoisotopic (exact) mass is 432 g/mol. The number of halogens is 2. The van der Waals surface area contributed by atoms with Crippen LogP contribution in [0.3, 0.4) is 0 Å². The molecule has 0 spiro atoms. The highest BCUT2D eigenvalue weighted by Crippen LogP contribution is 2.23. The maximum atomic E-state index is 13.5. The van der Waals surface area contributed by atoms with Crippen LogP contribution in [-0.4, -0.2) is 32.2 Å². The first kappa shape index (κ1) is 19.4. The summed E-state index contributed by atoms with van der Waals surface area (Å²) in [6.07, 6.45) is 0. The largest absolute Gasteiger partial charge is 0.305 e. The topological polar surface area (TPSA) is 116 Å². The van der Waals surface area contributed by atoms with Crippen LogP contribution in [0.25, 0.3) is 21.8 Å². The third-order valence-electron chi connectivity index (χ3n) is 4.90. The van der Waals surface area contributed by atoms with Gasteiger partial charge in [-0.1, -0.05) is 6.07 Å². The van der Waals surface area contributed by atoms with Crippen molar-refractivity contribution in [3.8, 4) is 0 Å². The number of nitrogens with zero attached hydrogens (tertiary/aromatic N) is 2. The van der Waals surface area contributed by atoms with Crippen molar-refractivity contribution in [3.63, 3.8) is 0 Å². The molecule has 158 valence electrons. The zero-order chi connectivity index (χ0) is 22.2. The summed E-state index contributed by atoms with van der Waals surface area (Å²) < 4.78 is 27.1. The first-order valence-electron chi connectivity index (χ1n) is 9.48. The minimum Gasteiger partial charge on any atom is -0.305 e.